The van der Waals surface area contributed by atoms with E-state index in [2.05, 4.69) is 24.8 Å². The molecule has 0 bridgehead atoms. The lowest BCUT2D eigenvalue weighted by atomic mass is 10.1. The van der Waals surface area contributed by atoms with Gasteiger partial charge in [-0.25, -0.2) is 9.55 Å². The summed E-state index contributed by atoms with van der Waals surface area (Å²) in [4.78, 5) is 31.3. The van der Waals surface area contributed by atoms with Crippen LogP contribution in [0.25, 0.3) is 11.2 Å². The van der Waals surface area contributed by atoms with E-state index in [1.807, 2.05) is 0 Å². The van der Waals surface area contributed by atoms with E-state index in [4.69, 9.17) is 25.2 Å². The first kappa shape index (κ1) is 26.0. The second-order valence-corrected chi connectivity index (χ2v) is 9.39. The Balaban J connectivity index is 0.000000200. The van der Waals surface area contributed by atoms with Crippen LogP contribution < -0.4 is 16.6 Å². The number of phenols is 2. The Hall–Kier alpha value is -3.08. The van der Waals surface area contributed by atoms with Crippen molar-refractivity contribution in [2.24, 2.45) is 0 Å². The number of phosphoric ester groups is 1. The number of nitrogens with one attached hydrogen (secondary N) is 2. The van der Waals surface area contributed by atoms with E-state index in [-0.39, 0.29) is 35.2 Å². The molecule has 36 heavy (non-hydrogen) atoms. The van der Waals surface area contributed by atoms with E-state index in [9.17, 15) is 24.5 Å². The van der Waals surface area contributed by atoms with Crippen LogP contribution in [-0.4, -0.2) is 83.3 Å². The minimum absolute atomic E-state index is 0.0230. The van der Waals surface area contributed by atoms with Gasteiger partial charge in [0.2, 0.25) is 5.95 Å². The molecule has 1 aromatic carbocycles. The van der Waals surface area contributed by atoms with Crippen molar-refractivity contribution < 1.29 is 43.7 Å². The maximum absolute atomic E-state index is 11.8. The van der Waals surface area contributed by atoms with Crippen molar-refractivity contribution in [3.8, 4) is 11.5 Å². The maximum atomic E-state index is 11.8. The molecule has 0 amide bonds. The SMILES string of the molecule is CNC[C@H](O)c1ccc(O)c(O)c1.Nc1nc2c(ncn2[C@@H]2O[C@@H]3COP(=O)(O)O[C@H]3[C@H]2O)c(=O)[nH]1. The van der Waals surface area contributed by atoms with Gasteiger partial charge in [-0.3, -0.25) is 23.4 Å². The molecule has 4 heterocycles. The third kappa shape index (κ3) is 5.21. The van der Waals surface area contributed by atoms with Crippen LogP contribution in [-0.2, 0) is 18.3 Å². The molecular formula is C19H25N6O10P. The highest BCUT2D eigenvalue weighted by atomic mass is 31.2. The molecule has 0 radical (unpaired) electrons. The summed E-state index contributed by atoms with van der Waals surface area (Å²) in [5, 5.41) is 40.8. The first-order valence-electron chi connectivity index (χ1n) is 10.6. The number of benzene rings is 1. The minimum Gasteiger partial charge on any atom is -0.504 e. The fourth-order valence-corrected chi connectivity index (χ4v) is 4.72. The number of aromatic nitrogens is 4. The number of aromatic amines is 1. The lowest BCUT2D eigenvalue weighted by molar-refractivity contribution is -0.0664. The van der Waals surface area contributed by atoms with Crippen LogP contribution in [0.15, 0.2) is 29.3 Å². The predicted molar refractivity (Wildman–Crippen MR) is 122 cm³/mol. The van der Waals surface area contributed by atoms with Crippen molar-refractivity contribution in [3.05, 3.63) is 40.4 Å². The Kier molecular flexibility index (Phi) is 7.31. The summed E-state index contributed by atoms with van der Waals surface area (Å²) in [5.74, 6) is -0.512. The summed E-state index contributed by atoms with van der Waals surface area (Å²) in [6.45, 7) is 0.193. The normalized spacial score (nSPS) is 28.3. The molecule has 2 aromatic heterocycles. The van der Waals surface area contributed by atoms with Crippen molar-refractivity contribution in [1.82, 2.24) is 24.8 Å². The number of likely N-dealkylation sites (N-methyl/N-ethyl adjacent to an activating group) is 1. The molecule has 0 spiro atoms. The summed E-state index contributed by atoms with van der Waals surface area (Å²) in [7, 11) is -2.49. The zero-order chi connectivity index (χ0) is 26.2. The van der Waals surface area contributed by atoms with Crippen LogP contribution in [0.1, 0.15) is 17.9 Å². The number of nitrogen functional groups attached to an aromatic ring is 1. The van der Waals surface area contributed by atoms with Gasteiger partial charge < -0.3 is 41.1 Å². The molecule has 196 valence electrons. The number of hydrogen-bond acceptors (Lipinski definition) is 13. The van der Waals surface area contributed by atoms with Crippen molar-refractivity contribution in [2.75, 3.05) is 25.9 Å². The number of nitrogens with two attached hydrogens (primary N) is 1. The number of phenolic OH excluding ortho intramolecular Hbond substituents is 2. The standard InChI is InChI=1S/C10H12N5O7P.C9H13NO3/c11-10-13-7-4(8(17)14-10)12-2-15(7)9-5(16)6-3(21-9)1-20-23(18,19)22-6;1-10-5-9(13)6-2-3-7(11)8(12)4-6/h2-3,5-6,9,16H,1H2,(H,18,19)(H3,11,13,14,17);2-4,9-13H,5H2,1H3/t3-,5-,6-,9-;9-/m10/s1. The monoisotopic (exact) mass is 528 g/mol. The van der Waals surface area contributed by atoms with Gasteiger partial charge in [-0.2, -0.15) is 4.98 Å². The number of aliphatic hydroxyl groups excluding tert-OH is 2. The van der Waals surface area contributed by atoms with Crippen molar-refractivity contribution in [2.45, 2.75) is 30.6 Å². The van der Waals surface area contributed by atoms with E-state index in [0.717, 1.165) is 0 Å². The lowest BCUT2D eigenvalue weighted by Gasteiger charge is -2.27. The number of hydrogen-bond donors (Lipinski definition) is 8. The van der Waals surface area contributed by atoms with Gasteiger partial charge in [-0.05, 0) is 24.7 Å². The molecule has 2 aliphatic rings. The number of nitrogens with zero attached hydrogens (tertiary/aromatic N) is 3. The average molecular weight is 528 g/mol. The summed E-state index contributed by atoms with van der Waals surface area (Å²) < 4.78 is 27.9. The largest absolute Gasteiger partial charge is 0.504 e. The van der Waals surface area contributed by atoms with Crippen LogP contribution in [0.3, 0.4) is 0 Å². The molecule has 9 N–H and O–H groups in total. The first-order valence-corrected chi connectivity index (χ1v) is 12.1. The van der Waals surface area contributed by atoms with E-state index < -0.39 is 44.0 Å². The number of phosphoric acid groups is 1. The topological polar surface area (TPSA) is 248 Å². The van der Waals surface area contributed by atoms with Crippen LogP contribution >= 0.6 is 7.82 Å². The number of imidazole rings is 1. The molecule has 16 nitrogen and oxygen atoms in total. The Morgan fingerprint density at radius 3 is 2.81 bits per heavy atom. The summed E-state index contributed by atoms with van der Waals surface area (Å²) in [5.41, 5.74) is 5.69. The third-order valence-electron chi connectivity index (χ3n) is 5.47. The zero-order valence-electron chi connectivity index (χ0n) is 18.8. The number of fused-ring (bicyclic) bond motifs is 2. The molecule has 0 saturated carbocycles. The summed E-state index contributed by atoms with van der Waals surface area (Å²) in [6, 6.07) is 4.26. The van der Waals surface area contributed by atoms with Crippen LogP contribution in [0.5, 0.6) is 11.5 Å². The van der Waals surface area contributed by atoms with Crippen LogP contribution in [0, 0.1) is 0 Å². The molecular weight excluding hydrogens is 503 g/mol. The summed E-state index contributed by atoms with van der Waals surface area (Å²) in [6.07, 6.45) is -3.52. The van der Waals surface area contributed by atoms with Crippen LogP contribution in [0.2, 0.25) is 0 Å². The molecule has 2 saturated heterocycles. The third-order valence-corrected chi connectivity index (χ3v) is 6.46. The van der Waals surface area contributed by atoms with Gasteiger partial charge >= 0.3 is 7.82 Å². The maximum Gasteiger partial charge on any atom is 0.472 e. The molecule has 1 unspecified atom stereocenters. The number of anilines is 1. The Morgan fingerprint density at radius 1 is 1.36 bits per heavy atom. The molecule has 0 aliphatic carbocycles. The Labute approximate surface area is 202 Å². The second kappa shape index (κ2) is 10.1. The van der Waals surface area contributed by atoms with Gasteiger partial charge in [0.25, 0.3) is 5.56 Å². The second-order valence-electron chi connectivity index (χ2n) is 7.99. The Bertz CT molecular complexity index is 1350. The first-order chi connectivity index (χ1) is 17.0. The van der Waals surface area contributed by atoms with Crippen LogP contribution in [0.4, 0.5) is 5.95 Å². The number of ether oxygens (including phenoxy) is 1. The number of rotatable bonds is 4. The fraction of sp³-hybridized carbons (Fsp3) is 0.421. The van der Waals surface area contributed by atoms with E-state index >= 15 is 0 Å². The highest BCUT2D eigenvalue weighted by Gasteiger charge is 2.52. The lowest BCUT2D eigenvalue weighted by Crippen LogP contribution is -2.39. The molecule has 2 fully saturated rings. The van der Waals surface area contributed by atoms with Gasteiger partial charge in [-0.15, -0.1) is 0 Å². The quantitative estimate of drug-likeness (QED) is 0.147. The van der Waals surface area contributed by atoms with Gasteiger partial charge in [-0.1, -0.05) is 6.07 Å². The molecule has 5 rings (SSSR count). The molecule has 2 aliphatic heterocycles. The van der Waals surface area contributed by atoms with E-state index in [1.54, 1.807) is 13.1 Å². The predicted octanol–water partition coefficient (Wildman–Crippen LogP) is -1.17. The number of H-pyrrole nitrogens is 1. The van der Waals surface area contributed by atoms with Gasteiger partial charge in [0.15, 0.2) is 28.9 Å². The smallest absolute Gasteiger partial charge is 0.472 e. The minimum atomic E-state index is -4.22. The zero-order valence-corrected chi connectivity index (χ0v) is 19.6. The fourth-order valence-electron chi connectivity index (χ4n) is 3.75. The van der Waals surface area contributed by atoms with Crippen molar-refractivity contribution in [3.63, 3.8) is 0 Å². The van der Waals surface area contributed by atoms with Gasteiger partial charge in [0, 0.05) is 6.54 Å². The van der Waals surface area contributed by atoms with E-state index in [1.165, 1.54) is 23.0 Å². The number of aromatic hydroxyl groups is 2. The van der Waals surface area contributed by atoms with Crippen molar-refractivity contribution >= 4 is 24.9 Å². The average Bonchev–Trinajstić information content (AvgIpc) is 3.36. The number of aliphatic hydroxyl groups is 2. The van der Waals surface area contributed by atoms with E-state index in [0.29, 0.717) is 12.1 Å². The molecule has 17 heteroatoms. The highest BCUT2D eigenvalue weighted by Crippen LogP contribution is 2.52. The highest BCUT2D eigenvalue weighted by molar-refractivity contribution is 7.47. The van der Waals surface area contributed by atoms with Crippen molar-refractivity contribution in [1.29, 1.82) is 0 Å². The Morgan fingerprint density at radius 2 is 2.11 bits per heavy atom. The van der Waals surface area contributed by atoms with Gasteiger partial charge in [0.05, 0.1) is 19.0 Å². The molecule has 6 atom stereocenters. The summed E-state index contributed by atoms with van der Waals surface area (Å²) >= 11 is 0. The molecule has 3 aromatic rings. The van der Waals surface area contributed by atoms with Gasteiger partial charge in [0.1, 0.15) is 18.3 Å².